The molecule has 2 rings (SSSR count). The van der Waals surface area contributed by atoms with Gasteiger partial charge in [0, 0.05) is 10.9 Å². The van der Waals surface area contributed by atoms with Gasteiger partial charge in [-0.05, 0) is 41.5 Å². The number of benzene rings is 1. The van der Waals surface area contributed by atoms with Crippen LogP contribution in [0, 0.1) is 5.41 Å². The molecule has 1 atom stereocenters. The maximum Gasteiger partial charge on any atom is 0.318 e. The Morgan fingerprint density at radius 3 is 3.06 bits per heavy atom. The summed E-state index contributed by atoms with van der Waals surface area (Å²) in [5.41, 5.74) is 0.810. The number of hydrogen-bond acceptors (Lipinski definition) is 4. The first-order valence-electron chi connectivity index (χ1n) is 5.40. The summed E-state index contributed by atoms with van der Waals surface area (Å²) < 4.78 is 6.14. The minimum absolute atomic E-state index is 0.337. The van der Waals surface area contributed by atoms with Crippen LogP contribution in [0.2, 0.25) is 0 Å². The number of thiophene rings is 1. The van der Waals surface area contributed by atoms with Crippen molar-refractivity contribution in [2.75, 3.05) is 6.61 Å². The van der Waals surface area contributed by atoms with Gasteiger partial charge in [-0.25, -0.2) is 0 Å². The summed E-state index contributed by atoms with van der Waals surface area (Å²) in [6.07, 6.45) is 1.13. The van der Waals surface area contributed by atoms with Gasteiger partial charge < -0.3 is 10.1 Å². The van der Waals surface area contributed by atoms with Gasteiger partial charge in [0.25, 0.3) is 0 Å². The Kier molecular flexibility index (Phi) is 3.54. The van der Waals surface area contributed by atoms with Crippen LogP contribution in [0.1, 0.15) is 18.4 Å². The van der Waals surface area contributed by atoms with Gasteiger partial charge in [0.15, 0.2) is 0 Å². The monoisotopic (exact) mass is 247 g/mol. The molecule has 88 valence electrons. The Bertz CT molecular complexity index is 547. The highest BCUT2D eigenvalue weighted by atomic mass is 32.1. The van der Waals surface area contributed by atoms with E-state index in [4.69, 9.17) is 10.1 Å². The normalized spacial score (nSPS) is 12.3. The molecule has 0 spiro atoms. The van der Waals surface area contributed by atoms with E-state index in [-0.39, 0.29) is 5.97 Å². The summed E-state index contributed by atoms with van der Waals surface area (Å²) in [4.78, 5) is 11.7. The number of hydrogen-bond donors (Lipinski definition) is 1. The molecular formula is C13H13NO2S. The standard InChI is InChI=1S/C13H13NO2S/c1-2-16-13(15)11(8-14)9-3-4-12-10(7-9)5-6-17-12/h3-8,11,14H,2H2,1H3. The molecule has 0 aliphatic carbocycles. The fourth-order valence-corrected chi connectivity index (χ4v) is 2.48. The van der Waals surface area contributed by atoms with Gasteiger partial charge in [0.1, 0.15) is 5.92 Å². The number of carbonyl (C=O) groups is 1. The lowest BCUT2D eigenvalue weighted by Crippen LogP contribution is -2.16. The quantitative estimate of drug-likeness (QED) is 0.666. The van der Waals surface area contributed by atoms with Crippen LogP contribution in [-0.4, -0.2) is 18.8 Å². The SMILES string of the molecule is CCOC(=O)C(C=N)c1ccc2sccc2c1. The molecular weight excluding hydrogens is 234 g/mol. The molecule has 0 amide bonds. The first kappa shape index (κ1) is 11.8. The molecule has 4 heteroatoms. The molecule has 1 N–H and O–H groups in total. The minimum atomic E-state index is -0.598. The predicted octanol–water partition coefficient (Wildman–Crippen LogP) is 3.20. The highest BCUT2D eigenvalue weighted by Crippen LogP contribution is 2.25. The smallest absolute Gasteiger partial charge is 0.318 e. The first-order chi connectivity index (χ1) is 8.26. The maximum absolute atomic E-state index is 11.7. The topological polar surface area (TPSA) is 50.2 Å². The Morgan fingerprint density at radius 1 is 1.53 bits per heavy atom. The van der Waals surface area contributed by atoms with Gasteiger partial charge in [-0.15, -0.1) is 11.3 Å². The van der Waals surface area contributed by atoms with Crippen molar-refractivity contribution in [2.45, 2.75) is 12.8 Å². The molecule has 1 heterocycles. The van der Waals surface area contributed by atoms with Crippen LogP contribution in [0.15, 0.2) is 29.6 Å². The third kappa shape index (κ3) is 2.36. The van der Waals surface area contributed by atoms with E-state index >= 15 is 0 Å². The van der Waals surface area contributed by atoms with Crippen molar-refractivity contribution >= 4 is 33.6 Å². The van der Waals surface area contributed by atoms with Gasteiger partial charge in [-0.3, -0.25) is 4.79 Å². The lowest BCUT2D eigenvalue weighted by Gasteiger charge is -2.10. The molecule has 1 unspecified atom stereocenters. The molecule has 17 heavy (non-hydrogen) atoms. The van der Waals surface area contributed by atoms with Crippen molar-refractivity contribution in [2.24, 2.45) is 0 Å². The number of esters is 1. The fourth-order valence-electron chi connectivity index (χ4n) is 1.71. The Balaban J connectivity index is 2.35. The molecule has 0 radical (unpaired) electrons. The summed E-state index contributed by atoms with van der Waals surface area (Å²) in [5.74, 6) is -0.962. The van der Waals surface area contributed by atoms with E-state index in [1.54, 1.807) is 18.3 Å². The number of nitrogens with one attached hydrogen (secondary N) is 1. The summed E-state index contributed by atoms with van der Waals surface area (Å²) >= 11 is 1.66. The summed E-state index contributed by atoms with van der Waals surface area (Å²) in [5, 5.41) is 10.5. The van der Waals surface area contributed by atoms with E-state index in [1.165, 1.54) is 4.70 Å². The zero-order valence-electron chi connectivity index (χ0n) is 9.47. The van der Waals surface area contributed by atoms with Crippen LogP contribution < -0.4 is 0 Å². The Morgan fingerprint density at radius 2 is 2.35 bits per heavy atom. The lowest BCUT2D eigenvalue weighted by atomic mass is 9.99. The van der Waals surface area contributed by atoms with E-state index in [0.717, 1.165) is 17.2 Å². The van der Waals surface area contributed by atoms with Crippen LogP contribution in [0.4, 0.5) is 0 Å². The zero-order chi connectivity index (χ0) is 12.3. The minimum Gasteiger partial charge on any atom is -0.465 e. The van der Waals surface area contributed by atoms with Crippen LogP contribution in [0.3, 0.4) is 0 Å². The molecule has 1 aromatic heterocycles. The predicted molar refractivity (Wildman–Crippen MR) is 70.0 cm³/mol. The Labute approximate surface area is 104 Å². The van der Waals surface area contributed by atoms with Gasteiger partial charge in [-0.1, -0.05) is 6.07 Å². The van der Waals surface area contributed by atoms with Gasteiger partial charge >= 0.3 is 5.97 Å². The van der Waals surface area contributed by atoms with Crippen LogP contribution in [0.25, 0.3) is 10.1 Å². The molecule has 3 nitrogen and oxygen atoms in total. The van der Waals surface area contributed by atoms with Crippen molar-refractivity contribution in [3.63, 3.8) is 0 Å². The van der Waals surface area contributed by atoms with Crippen LogP contribution in [0.5, 0.6) is 0 Å². The van der Waals surface area contributed by atoms with E-state index in [0.29, 0.717) is 6.61 Å². The molecule has 2 aromatic rings. The maximum atomic E-state index is 11.7. The van der Waals surface area contributed by atoms with Gasteiger partial charge in [0.05, 0.1) is 6.61 Å². The highest BCUT2D eigenvalue weighted by molar-refractivity contribution is 7.17. The average molecular weight is 247 g/mol. The number of carbonyl (C=O) groups excluding carboxylic acids is 1. The fraction of sp³-hybridized carbons (Fsp3) is 0.231. The van der Waals surface area contributed by atoms with E-state index in [9.17, 15) is 4.79 Å². The first-order valence-corrected chi connectivity index (χ1v) is 6.28. The average Bonchev–Trinajstić information content (AvgIpc) is 2.77. The second-order valence-corrected chi connectivity index (χ2v) is 4.56. The molecule has 0 saturated carbocycles. The van der Waals surface area contributed by atoms with Crippen molar-refractivity contribution in [3.8, 4) is 0 Å². The van der Waals surface area contributed by atoms with E-state index < -0.39 is 5.92 Å². The molecule has 0 aliphatic heterocycles. The number of rotatable bonds is 4. The van der Waals surface area contributed by atoms with E-state index in [1.807, 2.05) is 29.6 Å². The van der Waals surface area contributed by atoms with Crippen molar-refractivity contribution in [3.05, 3.63) is 35.2 Å². The third-order valence-corrected chi connectivity index (χ3v) is 3.44. The highest BCUT2D eigenvalue weighted by Gasteiger charge is 2.19. The van der Waals surface area contributed by atoms with E-state index in [2.05, 4.69) is 0 Å². The van der Waals surface area contributed by atoms with Crippen LogP contribution in [-0.2, 0) is 9.53 Å². The number of fused-ring (bicyclic) bond motifs is 1. The third-order valence-electron chi connectivity index (χ3n) is 2.54. The van der Waals surface area contributed by atoms with Crippen LogP contribution >= 0.6 is 11.3 Å². The molecule has 0 bridgehead atoms. The zero-order valence-corrected chi connectivity index (χ0v) is 10.3. The second-order valence-electron chi connectivity index (χ2n) is 3.61. The van der Waals surface area contributed by atoms with Gasteiger partial charge in [-0.2, -0.15) is 0 Å². The molecule has 0 fully saturated rings. The van der Waals surface area contributed by atoms with Crippen molar-refractivity contribution in [1.29, 1.82) is 5.41 Å². The summed E-state index contributed by atoms with van der Waals surface area (Å²) in [6, 6.07) is 7.81. The number of ether oxygens (including phenoxy) is 1. The largest absolute Gasteiger partial charge is 0.465 e. The van der Waals surface area contributed by atoms with Gasteiger partial charge in [0.2, 0.25) is 0 Å². The molecule has 0 saturated heterocycles. The Hall–Kier alpha value is -1.68. The summed E-state index contributed by atoms with van der Waals surface area (Å²) in [7, 11) is 0. The second kappa shape index (κ2) is 5.10. The lowest BCUT2D eigenvalue weighted by molar-refractivity contribution is -0.143. The summed E-state index contributed by atoms with van der Waals surface area (Å²) in [6.45, 7) is 2.10. The van der Waals surface area contributed by atoms with Crippen molar-refractivity contribution < 1.29 is 9.53 Å². The molecule has 0 aliphatic rings. The molecule has 1 aromatic carbocycles. The van der Waals surface area contributed by atoms with Crippen molar-refractivity contribution in [1.82, 2.24) is 0 Å².